The second-order valence-electron chi connectivity index (χ2n) is 7.22. The molecular weight excluding hydrogens is 396 g/mol. The first-order chi connectivity index (χ1) is 13.8. The Hall–Kier alpha value is -2.94. The lowest BCUT2D eigenvalue weighted by molar-refractivity contribution is -0.384. The number of hydrogen-bond acceptors (Lipinski definition) is 7. The number of carbonyl (C=O) groups excluding carboxylic acids is 1. The summed E-state index contributed by atoms with van der Waals surface area (Å²) in [6.07, 6.45) is 5.04. The second kappa shape index (κ2) is 9.04. The minimum Gasteiger partial charge on any atom is -0.363 e. The number of nitrogens with zero attached hydrogens (tertiary/aromatic N) is 4. The molecule has 2 N–H and O–H groups in total. The van der Waals surface area contributed by atoms with Gasteiger partial charge in [0.2, 0.25) is 5.95 Å². The fourth-order valence-corrected chi connectivity index (χ4v) is 3.48. The van der Waals surface area contributed by atoms with Crippen LogP contribution in [0.1, 0.15) is 36.0 Å². The summed E-state index contributed by atoms with van der Waals surface area (Å²) in [5, 5.41) is 17.3. The molecule has 1 aliphatic carbocycles. The molecule has 2 aromatic rings. The van der Waals surface area contributed by atoms with Gasteiger partial charge < -0.3 is 15.5 Å². The zero-order valence-corrected chi connectivity index (χ0v) is 17.0. The molecule has 0 bridgehead atoms. The van der Waals surface area contributed by atoms with Crippen LogP contribution >= 0.6 is 11.6 Å². The van der Waals surface area contributed by atoms with Gasteiger partial charge in [-0.1, -0.05) is 11.6 Å². The Morgan fingerprint density at radius 3 is 2.55 bits per heavy atom. The number of nitro groups is 1. The molecule has 1 saturated carbocycles. The second-order valence-corrected chi connectivity index (χ2v) is 7.63. The van der Waals surface area contributed by atoms with Crippen LogP contribution in [-0.2, 0) is 0 Å². The number of amides is 1. The van der Waals surface area contributed by atoms with E-state index in [0.717, 1.165) is 31.5 Å². The molecule has 9 nitrogen and oxygen atoms in total. The lowest BCUT2D eigenvalue weighted by atomic mass is 9.91. The van der Waals surface area contributed by atoms with E-state index in [0.29, 0.717) is 5.95 Å². The van der Waals surface area contributed by atoms with Crippen molar-refractivity contribution in [1.29, 1.82) is 0 Å². The number of nitro benzene ring substituents is 1. The summed E-state index contributed by atoms with van der Waals surface area (Å²) in [5.74, 6) is 1.10. The molecule has 3 rings (SSSR count). The highest BCUT2D eigenvalue weighted by Gasteiger charge is 2.24. The number of carbonyl (C=O) groups is 1. The van der Waals surface area contributed by atoms with Crippen molar-refractivity contribution in [2.75, 3.05) is 24.3 Å². The molecule has 1 fully saturated rings. The summed E-state index contributed by atoms with van der Waals surface area (Å²) >= 11 is 5.80. The van der Waals surface area contributed by atoms with Gasteiger partial charge in [0.25, 0.3) is 11.6 Å². The lowest BCUT2D eigenvalue weighted by Gasteiger charge is -2.29. The first-order valence-corrected chi connectivity index (χ1v) is 9.73. The molecule has 10 heteroatoms. The van der Waals surface area contributed by atoms with E-state index >= 15 is 0 Å². The third-order valence-electron chi connectivity index (χ3n) is 4.90. The quantitative estimate of drug-likeness (QED) is 0.546. The maximum atomic E-state index is 12.5. The minimum atomic E-state index is -0.594. The maximum Gasteiger partial charge on any atom is 0.288 e. The average molecular weight is 419 g/mol. The number of aromatic nitrogens is 2. The van der Waals surface area contributed by atoms with Gasteiger partial charge in [-0.15, -0.1) is 0 Å². The van der Waals surface area contributed by atoms with Gasteiger partial charge in [-0.2, -0.15) is 4.98 Å². The fourth-order valence-electron chi connectivity index (χ4n) is 3.29. The van der Waals surface area contributed by atoms with Crippen LogP contribution in [0, 0.1) is 10.1 Å². The van der Waals surface area contributed by atoms with Crippen molar-refractivity contribution in [3.63, 3.8) is 0 Å². The van der Waals surface area contributed by atoms with E-state index in [1.54, 1.807) is 6.20 Å². The normalized spacial score (nSPS) is 18.7. The Kier molecular flexibility index (Phi) is 6.48. The van der Waals surface area contributed by atoms with E-state index in [2.05, 4.69) is 20.6 Å². The smallest absolute Gasteiger partial charge is 0.288 e. The molecule has 29 heavy (non-hydrogen) atoms. The van der Waals surface area contributed by atoms with Crippen molar-refractivity contribution >= 4 is 35.0 Å². The summed E-state index contributed by atoms with van der Waals surface area (Å²) in [5.41, 5.74) is -0.0394. The molecule has 1 aromatic heterocycles. The van der Waals surface area contributed by atoms with Gasteiger partial charge in [0.1, 0.15) is 10.8 Å². The average Bonchev–Trinajstić information content (AvgIpc) is 2.69. The third kappa shape index (κ3) is 5.32. The Bertz CT molecular complexity index is 899. The first kappa shape index (κ1) is 20.8. The molecule has 1 amide bonds. The monoisotopic (exact) mass is 418 g/mol. The SMILES string of the molecule is CN(C)c1ccnc(NC2CCC(NC(=O)c3ccc(Cl)c([N+](=O)[O-])c3)CC2)n1. The van der Waals surface area contributed by atoms with Gasteiger partial charge in [0.05, 0.1) is 4.92 Å². The molecule has 0 atom stereocenters. The molecule has 1 aliphatic rings. The summed E-state index contributed by atoms with van der Waals surface area (Å²) in [7, 11) is 3.85. The lowest BCUT2D eigenvalue weighted by Crippen LogP contribution is -2.40. The summed E-state index contributed by atoms with van der Waals surface area (Å²) in [4.78, 5) is 33.5. The Morgan fingerprint density at radius 1 is 1.21 bits per heavy atom. The van der Waals surface area contributed by atoms with Crippen LogP contribution in [0.25, 0.3) is 0 Å². The van der Waals surface area contributed by atoms with Crippen LogP contribution in [0.2, 0.25) is 5.02 Å². The molecule has 0 spiro atoms. The Balaban J connectivity index is 1.53. The topological polar surface area (TPSA) is 113 Å². The van der Waals surface area contributed by atoms with Crippen molar-refractivity contribution in [2.45, 2.75) is 37.8 Å². The van der Waals surface area contributed by atoms with Crippen molar-refractivity contribution in [1.82, 2.24) is 15.3 Å². The maximum absolute atomic E-state index is 12.5. The van der Waals surface area contributed by atoms with Crippen molar-refractivity contribution in [2.24, 2.45) is 0 Å². The Morgan fingerprint density at radius 2 is 1.90 bits per heavy atom. The van der Waals surface area contributed by atoms with Crippen LogP contribution in [-0.4, -0.2) is 47.0 Å². The molecule has 0 aliphatic heterocycles. The van der Waals surface area contributed by atoms with Crippen LogP contribution in [0.4, 0.5) is 17.5 Å². The number of rotatable bonds is 6. The van der Waals surface area contributed by atoms with Crippen molar-refractivity contribution in [3.8, 4) is 0 Å². The third-order valence-corrected chi connectivity index (χ3v) is 5.22. The van der Waals surface area contributed by atoms with E-state index in [1.165, 1.54) is 18.2 Å². The minimum absolute atomic E-state index is 0.0127. The Labute approximate surface area is 173 Å². The van der Waals surface area contributed by atoms with Crippen molar-refractivity contribution in [3.05, 3.63) is 51.2 Å². The van der Waals surface area contributed by atoms with Gasteiger partial charge in [0.15, 0.2) is 0 Å². The van der Waals surface area contributed by atoms with Crippen molar-refractivity contribution < 1.29 is 9.72 Å². The molecule has 154 valence electrons. The fraction of sp³-hybridized carbons (Fsp3) is 0.421. The highest BCUT2D eigenvalue weighted by atomic mass is 35.5. The van der Waals surface area contributed by atoms with Crippen LogP contribution in [0.5, 0.6) is 0 Å². The van der Waals surface area contributed by atoms with Gasteiger partial charge in [-0.25, -0.2) is 4.98 Å². The largest absolute Gasteiger partial charge is 0.363 e. The summed E-state index contributed by atoms with van der Waals surface area (Å²) in [6, 6.07) is 6.17. The van der Waals surface area contributed by atoms with E-state index < -0.39 is 4.92 Å². The number of halogens is 1. The van der Waals surface area contributed by atoms with Gasteiger partial charge in [-0.05, 0) is 43.9 Å². The van der Waals surface area contributed by atoms with E-state index in [-0.39, 0.29) is 34.3 Å². The van der Waals surface area contributed by atoms with E-state index in [1.807, 2.05) is 25.1 Å². The zero-order chi connectivity index (χ0) is 21.0. The van der Waals surface area contributed by atoms with E-state index in [4.69, 9.17) is 11.6 Å². The molecule has 1 aromatic carbocycles. The standard InChI is InChI=1S/C19H23ClN6O3/c1-25(2)17-9-10-21-19(24-17)23-14-6-4-13(5-7-14)22-18(27)12-3-8-15(20)16(11-12)26(28)29/h3,8-11,13-14H,4-7H2,1-2H3,(H,22,27)(H,21,23,24). The molecule has 0 unspecified atom stereocenters. The predicted molar refractivity (Wildman–Crippen MR) is 112 cm³/mol. The molecular formula is C19H23ClN6O3. The number of hydrogen-bond donors (Lipinski definition) is 2. The van der Waals surface area contributed by atoms with Gasteiger partial charge in [0, 0.05) is 44.0 Å². The molecule has 0 radical (unpaired) electrons. The van der Waals surface area contributed by atoms with Gasteiger partial charge >= 0.3 is 0 Å². The predicted octanol–water partition coefficient (Wildman–Crippen LogP) is 3.26. The van der Waals surface area contributed by atoms with Crippen LogP contribution in [0.3, 0.4) is 0 Å². The van der Waals surface area contributed by atoms with E-state index in [9.17, 15) is 14.9 Å². The number of anilines is 2. The molecule has 1 heterocycles. The van der Waals surface area contributed by atoms with Crippen LogP contribution in [0.15, 0.2) is 30.5 Å². The zero-order valence-electron chi connectivity index (χ0n) is 16.3. The highest BCUT2D eigenvalue weighted by Crippen LogP contribution is 2.26. The van der Waals surface area contributed by atoms with Crippen LogP contribution < -0.4 is 15.5 Å². The summed E-state index contributed by atoms with van der Waals surface area (Å²) in [6.45, 7) is 0. The summed E-state index contributed by atoms with van der Waals surface area (Å²) < 4.78 is 0. The number of nitrogens with one attached hydrogen (secondary N) is 2. The molecule has 0 saturated heterocycles. The number of benzene rings is 1. The van der Waals surface area contributed by atoms with Gasteiger partial charge in [-0.3, -0.25) is 14.9 Å². The first-order valence-electron chi connectivity index (χ1n) is 9.35. The highest BCUT2D eigenvalue weighted by molar-refractivity contribution is 6.32.